The first kappa shape index (κ1) is 19.1. The fourth-order valence-corrected chi connectivity index (χ4v) is 3.62. The number of nitrogens with zero attached hydrogens (tertiary/aromatic N) is 2. The highest BCUT2D eigenvalue weighted by atomic mass is 16.5. The Bertz CT molecular complexity index is 814. The predicted octanol–water partition coefficient (Wildman–Crippen LogP) is 3.59. The average Bonchev–Trinajstić information content (AvgIpc) is 2.70. The van der Waals surface area contributed by atoms with Gasteiger partial charge >= 0.3 is 0 Å². The molecule has 3 rings (SSSR count). The molecular weight excluding hydrogens is 340 g/mol. The van der Waals surface area contributed by atoms with E-state index in [9.17, 15) is 4.79 Å². The molecule has 0 unspecified atom stereocenters. The van der Waals surface area contributed by atoms with Gasteiger partial charge in [0, 0.05) is 43.0 Å². The molecule has 1 heterocycles. The quantitative estimate of drug-likeness (QED) is 0.827. The minimum absolute atomic E-state index is 0.0206. The second kappa shape index (κ2) is 7.91. The maximum absolute atomic E-state index is 13.0. The number of piperazine rings is 1. The number of carbonyl (C=O) groups excluding carboxylic acids is 1. The number of anilines is 1. The number of hydrogen-bond acceptors (Lipinski definition) is 4. The summed E-state index contributed by atoms with van der Waals surface area (Å²) in [4.78, 5) is 17.3. The number of methoxy groups -OCH3 is 2. The van der Waals surface area contributed by atoms with Crippen LogP contribution >= 0.6 is 0 Å². The second-order valence-electron chi connectivity index (χ2n) is 7.00. The van der Waals surface area contributed by atoms with E-state index in [1.165, 1.54) is 16.8 Å². The minimum atomic E-state index is 0.0206. The van der Waals surface area contributed by atoms with Crippen LogP contribution in [0.3, 0.4) is 0 Å². The Balaban J connectivity index is 1.74. The van der Waals surface area contributed by atoms with E-state index in [1.54, 1.807) is 26.4 Å². The molecule has 0 spiro atoms. The van der Waals surface area contributed by atoms with Gasteiger partial charge in [-0.25, -0.2) is 0 Å². The molecule has 1 aliphatic heterocycles. The van der Waals surface area contributed by atoms with Crippen molar-refractivity contribution in [1.29, 1.82) is 0 Å². The summed E-state index contributed by atoms with van der Waals surface area (Å²) < 4.78 is 10.8. The molecule has 0 aliphatic carbocycles. The lowest BCUT2D eigenvalue weighted by Gasteiger charge is -2.37. The SMILES string of the molecule is COc1cc(C(=O)N2CCN(c3cccc(C)c3C)CC2)cc(OC)c1C. The monoisotopic (exact) mass is 368 g/mol. The van der Waals surface area contributed by atoms with Crippen molar-refractivity contribution in [2.24, 2.45) is 0 Å². The van der Waals surface area contributed by atoms with Gasteiger partial charge in [-0.05, 0) is 50.1 Å². The Morgan fingerprint density at radius 2 is 1.48 bits per heavy atom. The van der Waals surface area contributed by atoms with E-state index in [4.69, 9.17) is 9.47 Å². The van der Waals surface area contributed by atoms with Crippen LogP contribution in [-0.4, -0.2) is 51.2 Å². The summed E-state index contributed by atoms with van der Waals surface area (Å²) in [5.74, 6) is 1.37. The number of benzene rings is 2. The number of carbonyl (C=O) groups is 1. The number of aryl methyl sites for hydroxylation is 1. The first-order valence-electron chi connectivity index (χ1n) is 9.29. The topological polar surface area (TPSA) is 42.0 Å². The second-order valence-corrected chi connectivity index (χ2v) is 7.00. The zero-order chi connectivity index (χ0) is 19.6. The lowest BCUT2D eigenvalue weighted by atomic mass is 10.1. The van der Waals surface area contributed by atoms with Crippen molar-refractivity contribution < 1.29 is 14.3 Å². The molecule has 0 N–H and O–H groups in total. The fourth-order valence-electron chi connectivity index (χ4n) is 3.62. The van der Waals surface area contributed by atoms with Gasteiger partial charge in [0.05, 0.1) is 14.2 Å². The Kier molecular flexibility index (Phi) is 5.59. The Hall–Kier alpha value is -2.69. The molecule has 144 valence electrons. The molecule has 27 heavy (non-hydrogen) atoms. The summed E-state index contributed by atoms with van der Waals surface area (Å²) in [6, 6.07) is 10.0. The molecule has 1 aliphatic rings. The Labute approximate surface area is 161 Å². The third-order valence-corrected chi connectivity index (χ3v) is 5.48. The third kappa shape index (κ3) is 3.72. The highest BCUT2D eigenvalue weighted by Crippen LogP contribution is 2.30. The summed E-state index contributed by atoms with van der Waals surface area (Å²) in [6.45, 7) is 9.28. The minimum Gasteiger partial charge on any atom is -0.496 e. The molecule has 0 radical (unpaired) electrons. The van der Waals surface area contributed by atoms with E-state index in [1.807, 2.05) is 11.8 Å². The molecule has 2 aromatic carbocycles. The van der Waals surface area contributed by atoms with Crippen LogP contribution in [0.25, 0.3) is 0 Å². The van der Waals surface area contributed by atoms with Gasteiger partial charge < -0.3 is 19.3 Å². The molecule has 0 aromatic heterocycles. The smallest absolute Gasteiger partial charge is 0.254 e. The summed E-state index contributed by atoms with van der Waals surface area (Å²) >= 11 is 0. The highest BCUT2D eigenvalue weighted by Gasteiger charge is 2.24. The van der Waals surface area contributed by atoms with Gasteiger partial charge in [-0.2, -0.15) is 0 Å². The van der Waals surface area contributed by atoms with Crippen molar-refractivity contribution in [3.63, 3.8) is 0 Å². The lowest BCUT2D eigenvalue weighted by Crippen LogP contribution is -2.49. The third-order valence-electron chi connectivity index (χ3n) is 5.48. The van der Waals surface area contributed by atoms with Crippen LogP contribution in [0.5, 0.6) is 11.5 Å². The van der Waals surface area contributed by atoms with Gasteiger partial charge in [-0.3, -0.25) is 4.79 Å². The Morgan fingerprint density at radius 1 is 0.889 bits per heavy atom. The van der Waals surface area contributed by atoms with E-state index in [2.05, 4.69) is 36.9 Å². The normalized spacial score (nSPS) is 14.3. The van der Waals surface area contributed by atoms with Crippen LogP contribution in [0.15, 0.2) is 30.3 Å². The molecule has 1 saturated heterocycles. The van der Waals surface area contributed by atoms with Crippen molar-refractivity contribution in [1.82, 2.24) is 4.90 Å². The molecule has 0 bridgehead atoms. The zero-order valence-electron chi connectivity index (χ0n) is 16.8. The van der Waals surface area contributed by atoms with Gasteiger partial charge in [0.2, 0.25) is 0 Å². The first-order chi connectivity index (χ1) is 13.0. The molecule has 1 fully saturated rings. The molecule has 5 heteroatoms. The number of hydrogen-bond donors (Lipinski definition) is 0. The van der Waals surface area contributed by atoms with Gasteiger partial charge in [0.25, 0.3) is 5.91 Å². The number of amides is 1. The average molecular weight is 368 g/mol. The molecule has 5 nitrogen and oxygen atoms in total. The van der Waals surface area contributed by atoms with Crippen molar-refractivity contribution in [3.8, 4) is 11.5 Å². The molecular formula is C22H28N2O3. The van der Waals surface area contributed by atoms with Crippen molar-refractivity contribution in [3.05, 3.63) is 52.6 Å². The summed E-state index contributed by atoms with van der Waals surface area (Å²) in [5, 5.41) is 0. The van der Waals surface area contributed by atoms with Gasteiger partial charge in [0.1, 0.15) is 11.5 Å². The van der Waals surface area contributed by atoms with Gasteiger partial charge in [0.15, 0.2) is 0 Å². The van der Waals surface area contributed by atoms with E-state index in [-0.39, 0.29) is 5.91 Å². The predicted molar refractivity (Wildman–Crippen MR) is 108 cm³/mol. The van der Waals surface area contributed by atoms with Crippen LogP contribution in [0.1, 0.15) is 27.0 Å². The zero-order valence-corrected chi connectivity index (χ0v) is 16.8. The maximum Gasteiger partial charge on any atom is 0.254 e. The Morgan fingerprint density at radius 3 is 2.04 bits per heavy atom. The number of ether oxygens (including phenoxy) is 2. The van der Waals surface area contributed by atoms with Crippen LogP contribution in [-0.2, 0) is 0 Å². The molecule has 2 aromatic rings. The van der Waals surface area contributed by atoms with Gasteiger partial charge in [-0.15, -0.1) is 0 Å². The standard InChI is InChI=1S/C22H28N2O3/c1-15-7-6-8-19(16(15)2)23-9-11-24(12-10-23)22(25)18-13-20(26-4)17(3)21(14-18)27-5/h6-8,13-14H,9-12H2,1-5H3. The summed E-state index contributed by atoms with van der Waals surface area (Å²) in [5.41, 5.74) is 5.38. The van der Waals surface area contributed by atoms with Gasteiger partial charge in [-0.1, -0.05) is 12.1 Å². The van der Waals surface area contributed by atoms with Crippen LogP contribution in [0.2, 0.25) is 0 Å². The van der Waals surface area contributed by atoms with E-state index < -0.39 is 0 Å². The number of rotatable bonds is 4. The largest absolute Gasteiger partial charge is 0.496 e. The molecule has 0 saturated carbocycles. The fraction of sp³-hybridized carbons (Fsp3) is 0.409. The first-order valence-corrected chi connectivity index (χ1v) is 9.29. The summed E-state index contributed by atoms with van der Waals surface area (Å²) in [6.07, 6.45) is 0. The molecule has 1 amide bonds. The lowest BCUT2D eigenvalue weighted by molar-refractivity contribution is 0.0746. The van der Waals surface area contributed by atoms with E-state index in [0.29, 0.717) is 30.2 Å². The van der Waals surface area contributed by atoms with Crippen molar-refractivity contribution >= 4 is 11.6 Å². The van der Waals surface area contributed by atoms with E-state index >= 15 is 0 Å². The van der Waals surface area contributed by atoms with Crippen LogP contribution < -0.4 is 14.4 Å². The molecule has 0 atom stereocenters. The maximum atomic E-state index is 13.0. The van der Waals surface area contributed by atoms with Crippen molar-refractivity contribution in [2.75, 3.05) is 45.3 Å². The van der Waals surface area contributed by atoms with Crippen molar-refractivity contribution in [2.45, 2.75) is 20.8 Å². The van der Waals surface area contributed by atoms with E-state index in [0.717, 1.165) is 18.7 Å². The summed E-state index contributed by atoms with van der Waals surface area (Å²) in [7, 11) is 3.22. The highest BCUT2D eigenvalue weighted by molar-refractivity contribution is 5.95. The van der Waals surface area contributed by atoms with Crippen LogP contribution in [0, 0.1) is 20.8 Å². The van der Waals surface area contributed by atoms with Crippen LogP contribution in [0.4, 0.5) is 5.69 Å².